The van der Waals surface area contributed by atoms with Crippen LogP contribution in [0.15, 0.2) is 47.8 Å². The number of benzene rings is 1. The fraction of sp³-hybridized carbons (Fsp3) is 0.167. The molecule has 1 aromatic rings. The van der Waals surface area contributed by atoms with Gasteiger partial charge in [0.1, 0.15) is 5.70 Å². The monoisotopic (exact) mass is 377 g/mol. The lowest BCUT2D eigenvalue weighted by molar-refractivity contribution is -0.139. The minimum absolute atomic E-state index is 0.193. The minimum atomic E-state index is -1.39. The van der Waals surface area contributed by atoms with Crippen LogP contribution in [-0.4, -0.2) is 44.3 Å². The lowest BCUT2D eigenvalue weighted by Gasteiger charge is -2.25. The lowest BCUT2D eigenvalue weighted by atomic mass is 10.1. The number of carbonyl (C=O) groups excluding carboxylic acids is 2. The van der Waals surface area contributed by atoms with Crippen LogP contribution < -0.4 is 9.64 Å². The zero-order chi connectivity index (χ0) is 20.1. The summed E-state index contributed by atoms with van der Waals surface area (Å²) in [5, 5.41) is 9.51. The van der Waals surface area contributed by atoms with Gasteiger partial charge in [-0.25, -0.2) is 18.8 Å². The van der Waals surface area contributed by atoms with Crippen molar-refractivity contribution in [2.75, 3.05) is 26.2 Å². The standard InChI is InChI=1S/C18H16FNO7/c1-25-14-8-11(16(21)22)13(9-12(14)19)20-7-5-4-6-10(17(23)26-2)15(20)18(24)27-3/h4-9H,1-3H3,(H,21,22). The highest BCUT2D eigenvalue weighted by Crippen LogP contribution is 2.33. The zero-order valence-corrected chi connectivity index (χ0v) is 14.7. The van der Waals surface area contributed by atoms with Gasteiger partial charge >= 0.3 is 17.9 Å². The number of anilines is 1. The lowest BCUT2D eigenvalue weighted by Crippen LogP contribution is -2.28. The van der Waals surface area contributed by atoms with E-state index in [4.69, 9.17) is 9.47 Å². The largest absolute Gasteiger partial charge is 0.494 e. The number of rotatable bonds is 5. The van der Waals surface area contributed by atoms with Crippen molar-refractivity contribution in [3.05, 3.63) is 59.2 Å². The number of allylic oxidation sites excluding steroid dienone is 2. The van der Waals surface area contributed by atoms with Crippen LogP contribution in [0, 0.1) is 5.82 Å². The first-order valence-electron chi connectivity index (χ1n) is 7.51. The van der Waals surface area contributed by atoms with E-state index in [0.29, 0.717) is 0 Å². The maximum Gasteiger partial charge on any atom is 0.355 e. The van der Waals surface area contributed by atoms with Crippen molar-refractivity contribution in [2.45, 2.75) is 0 Å². The molecule has 27 heavy (non-hydrogen) atoms. The normalized spacial score (nSPS) is 13.3. The highest BCUT2D eigenvalue weighted by Gasteiger charge is 2.30. The number of carboxylic acids is 1. The summed E-state index contributed by atoms with van der Waals surface area (Å²) in [6.07, 6.45) is 5.48. The molecule has 0 radical (unpaired) electrons. The van der Waals surface area contributed by atoms with Crippen molar-refractivity contribution >= 4 is 23.6 Å². The van der Waals surface area contributed by atoms with Gasteiger partial charge in [0.05, 0.1) is 38.2 Å². The van der Waals surface area contributed by atoms with Crippen LogP contribution in [0.3, 0.4) is 0 Å². The Kier molecular flexibility index (Phi) is 5.96. The summed E-state index contributed by atoms with van der Waals surface area (Å²) < 4.78 is 28.5. The van der Waals surface area contributed by atoms with E-state index in [1.165, 1.54) is 31.5 Å². The predicted molar refractivity (Wildman–Crippen MR) is 91.7 cm³/mol. The zero-order valence-electron chi connectivity index (χ0n) is 14.7. The van der Waals surface area contributed by atoms with Crippen molar-refractivity contribution in [3.8, 4) is 5.75 Å². The third-order valence-corrected chi connectivity index (χ3v) is 3.65. The third-order valence-electron chi connectivity index (χ3n) is 3.65. The molecule has 0 aromatic heterocycles. The summed E-state index contributed by atoms with van der Waals surface area (Å²) in [6.45, 7) is 0. The molecule has 0 saturated carbocycles. The van der Waals surface area contributed by atoms with E-state index in [0.717, 1.165) is 31.3 Å². The molecule has 142 valence electrons. The smallest absolute Gasteiger partial charge is 0.355 e. The molecule has 0 unspecified atom stereocenters. The number of ether oxygens (including phenoxy) is 3. The fourth-order valence-corrected chi connectivity index (χ4v) is 2.42. The number of aromatic carboxylic acids is 1. The van der Waals surface area contributed by atoms with Crippen molar-refractivity contribution in [1.82, 2.24) is 0 Å². The van der Waals surface area contributed by atoms with Crippen LogP contribution in [0.1, 0.15) is 10.4 Å². The van der Waals surface area contributed by atoms with Crippen LogP contribution in [0.25, 0.3) is 0 Å². The number of methoxy groups -OCH3 is 3. The molecule has 1 aliphatic heterocycles. The Morgan fingerprint density at radius 1 is 1.04 bits per heavy atom. The minimum Gasteiger partial charge on any atom is -0.494 e. The molecule has 0 aliphatic carbocycles. The van der Waals surface area contributed by atoms with Gasteiger partial charge in [0.25, 0.3) is 0 Å². The summed E-state index contributed by atoms with van der Waals surface area (Å²) in [6, 6.07) is 1.86. The first kappa shape index (κ1) is 19.7. The molecule has 1 aliphatic rings. The molecule has 1 heterocycles. The van der Waals surface area contributed by atoms with Gasteiger partial charge in [0.15, 0.2) is 11.6 Å². The van der Waals surface area contributed by atoms with Gasteiger partial charge in [-0.3, -0.25) is 0 Å². The molecule has 1 aromatic carbocycles. The first-order valence-corrected chi connectivity index (χ1v) is 7.51. The molecule has 1 N–H and O–H groups in total. The number of halogens is 1. The maximum absolute atomic E-state index is 14.3. The Morgan fingerprint density at radius 3 is 2.26 bits per heavy atom. The van der Waals surface area contributed by atoms with E-state index < -0.39 is 23.7 Å². The number of carbonyl (C=O) groups is 3. The maximum atomic E-state index is 14.3. The molecule has 0 bridgehead atoms. The highest BCUT2D eigenvalue weighted by atomic mass is 19.1. The molecule has 0 atom stereocenters. The van der Waals surface area contributed by atoms with Crippen LogP contribution in [0.2, 0.25) is 0 Å². The van der Waals surface area contributed by atoms with Gasteiger partial charge in [-0.1, -0.05) is 6.08 Å². The Morgan fingerprint density at radius 2 is 1.70 bits per heavy atom. The molecule has 0 fully saturated rings. The van der Waals surface area contributed by atoms with Crippen LogP contribution in [-0.2, 0) is 19.1 Å². The molecule has 8 nitrogen and oxygen atoms in total. The second-order valence-electron chi connectivity index (χ2n) is 5.13. The summed E-state index contributed by atoms with van der Waals surface area (Å²) in [5.74, 6) is -4.33. The average Bonchev–Trinajstić information content (AvgIpc) is 2.89. The van der Waals surface area contributed by atoms with Crippen LogP contribution >= 0.6 is 0 Å². The number of hydrogen-bond donors (Lipinski definition) is 1. The second-order valence-corrected chi connectivity index (χ2v) is 5.13. The molecular formula is C18H16FNO7. The van der Waals surface area contributed by atoms with Crippen molar-refractivity contribution in [2.24, 2.45) is 0 Å². The van der Waals surface area contributed by atoms with Crippen LogP contribution in [0.5, 0.6) is 5.75 Å². The first-order chi connectivity index (χ1) is 12.8. The Labute approximate surface area is 153 Å². The number of nitrogens with zero attached hydrogens (tertiary/aromatic N) is 1. The molecule has 0 amide bonds. The predicted octanol–water partition coefficient (Wildman–Crippen LogP) is 2.02. The van der Waals surface area contributed by atoms with E-state index in [9.17, 15) is 23.9 Å². The number of esters is 2. The van der Waals surface area contributed by atoms with Gasteiger partial charge in [-0.05, 0) is 18.2 Å². The van der Waals surface area contributed by atoms with Crippen molar-refractivity contribution in [3.63, 3.8) is 0 Å². The van der Waals surface area contributed by atoms with E-state index in [-0.39, 0.29) is 28.3 Å². The van der Waals surface area contributed by atoms with E-state index in [2.05, 4.69) is 4.74 Å². The second kappa shape index (κ2) is 8.17. The summed E-state index contributed by atoms with van der Waals surface area (Å²) in [4.78, 5) is 37.2. The number of hydrogen-bond acceptors (Lipinski definition) is 7. The molecular weight excluding hydrogens is 361 g/mol. The van der Waals surface area contributed by atoms with Gasteiger partial charge < -0.3 is 24.2 Å². The quantitative estimate of drug-likeness (QED) is 0.778. The van der Waals surface area contributed by atoms with E-state index in [1.807, 2.05) is 0 Å². The Hall–Kier alpha value is -3.62. The van der Waals surface area contributed by atoms with Gasteiger partial charge in [0, 0.05) is 12.3 Å². The Bertz CT molecular complexity index is 886. The van der Waals surface area contributed by atoms with E-state index >= 15 is 0 Å². The SMILES string of the molecule is COC(=O)C1=C(C(=O)OC)N(c2cc(F)c(OC)cc2C(=O)O)C=CC=C1. The third kappa shape index (κ3) is 3.81. The molecule has 0 saturated heterocycles. The van der Waals surface area contributed by atoms with Crippen LogP contribution in [0.4, 0.5) is 10.1 Å². The van der Waals surface area contributed by atoms with Crippen molar-refractivity contribution in [1.29, 1.82) is 0 Å². The Balaban J connectivity index is 2.82. The fourth-order valence-electron chi connectivity index (χ4n) is 2.42. The van der Waals surface area contributed by atoms with E-state index in [1.54, 1.807) is 0 Å². The summed E-state index contributed by atoms with van der Waals surface area (Å²) in [7, 11) is 3.40. The topological polar surface area (TPSA) is 102 Å². The summed E-state index contributed by atoms with van der Waals surface area (Å²) in [5.41, 5.74) is -1.09. The van der Waals surface area contributed by atoms with Crippen molar-refractivity contribution < 1.29 is 38.1 Å². The van der Waals surface area contributed by atoms with Gasteiger partial charge in [-0.15, -0.1) is 0 Å². The summed E-state index contributed by atoms with van der Waals surface area (Å²) >= 11 is 0. The number of carboxylic acid groups (broad SMARTS) is 1. The molecule has 9 heteroatoms. The van der Waals surface area contributed by atoms with Gasteiger partial charge in [-0.2, -0.15) is 0 Å². The highest BCUT2D eigenvalue weighted by molar-refractivity contribution is 6.07. The van der Waals surface area contributed by atoms with Gasteiger partial charge in [0.2, 0.25) is 0 Å². The molecule has 2 rings (SSSR count). The average molecular weight is 377 g/mol. The molecule has 0 spiro atoms.